The Morgan fingerprint density at radius 1 is 1.05 bits per heavy atom. The minimum absolute atomic E-state index is 0.198. The van der Waals surface area contributed by atoms with E-state index < -0.39 is 0 Å². The molecule has 2 aliphatic carbocycles. The van der Waals surface area contributed by atoms with Gasteiger partial charge < -0.3 is 0 Å². The Morgan fingerprint density at radius 3 is 2.65 bits per heavy atom. The summed E-state index contributed by atoms with van der Waals surface area (Å²) in [4.78, 5) is 4.91. The van der Waals surface area contributed by atoms with Gasteiger partial charge in [-0.1, -0.05) is 26.8 Å². The fraction of sp³-hybridized carbons (Fsp3) is 0.421. The van der Waals surface area contributed by atoms with Gasteiger partial charge in [-0.05, 0) is 66.0 Å². The third-order valence-corrected chi connectivity index (χ3v) is 4.76. The van der Waals surface area contributed by atoms with Gasteiger partial charge >= 0.3 is 0 Å². The van der Waals surface area contributed by atoms with Gasteiger partial charge in [0, 0.05) is 10.8 Å². The molecule has 0 saturated heterocycles. The van der Waals surface area contributed by atoms with Crippen LogP contribution in [0.2, 0.25) is 0 Å². The monoisotopic (exact) mass is 263 g/mol. The second kappa shape index (κ2) is 3.94. The molecule has 1 aromatic rings. The molecule has 0 radical (unpaired) electrons. The van der Waals surface area contributed by atoms with Crippen molar-refractivity contribution in [2.75, 3.05) is 0 Å². The maximum Gasteiger partial charge on any atom is 0.0751 e. The highest BCUT2D eigenvalue weighted by atomic mass is 14.8. The summed E-state index contributed by atoms with van der Waals surface area (Å²) in [6.07, 6.45) is 7.53. The summed E-state index contributed by atoms with van der Waals surface area (Å²) in [5.74, 6) is 0. The Morgan fingerprint density at radius 2 is 1.85 bits per heavy atom. The standard InChI is InChI=1S/C19H21N/c1-19(2,3)13-8-9-17-15(11-13)16-10-12-6-4-5-7-14(12)18(16)20-17/h8-11H,4-7H2,1-3H3. The van der Waals surface area contributed by atoms with Gasteiger partial charge in [-0.15, -0.1) is 0 Å². The number of fused-ring (bicyclic) bond motifs is 3. The molecule has 3 aliphatic rings. The van der Waals surface area contributed by atoms with Crippen molar-refractivity contribution in [2.24, 2.45) is 4.99 Å². The normalized spacial score (nSPS) is 20.4. The fourth-order valence-corrected chi connectivity index (χ4v) is 3.53. The summed E-state index contributed by atoms with van der Waals surface area (Å²) in [5, 5.41) is 2.51. The molecule has 0 spiro atoms. The van der Waals surface area contributed by atoms with E-state index in [4.69, 9.17) is 4.99 Å². The molecular weight excluding hydrogens is 242 g/mol. The molecule has 0 aromatic heterocycles. The second-order valence-corrected chi connectivity index (χ2v) is 7.21. The zero-order valence-electron chi connectivity index (χ0n) is 12.6. The lowest BCUT2D eigenvalue weighted by atomic mass is 9.86. The summed E-state index contributed by atoms with van der Waals surface area (Å²) >= 11 is 0. The van der Waals surface area contributed by atoms with E-state index in [1.54, 1.807) is 5.57 Å². The number of nitrogens with zero attached hydrogens (tertiary/aromatic N) is 1. The van der Waals surface area contributed by atoms with Crippen molar-refractivity contribution in [3.63, 3.8) is 0 Å². The maximum atomic E-state index is 4.91. The number of hydrogen-bond acceptors (Lipinski definition) is 1. The highest BCUT2D eigenvalue weighted by Crippen LogP contribution is 2.41. The fourth-order valence-electron chi connectivity index (χ4n) is 3.53. The third kappa shape index (κ3) is 1.65. The first-order valence-corrected chi connectivity index (χ1v) is 7.72. The van der Waals surface area contributed by atoms with Crippen LogP contribution in [0.1, 0.15) is 52.0 Å². The minimum atomic E-state index is 0.198. The van der Waals surface area contributed by atoms with Crippen molar-refractivity contribution < 1.29 is 0 Å². The molecule has 1 saturated carbocycles. The molecule has 1 aliphatic heterocycles. The van der Waals surface area contributed by atoms with E-state index in [0.29, 0.717) is 0 Å². The molecule has 1 heterocycles. The van der Waals surface area contributed by atoms with Crippen molar-refractivity contribution in [3.8, 4) is 0 Å². The van der Waals surface area contributed by atoms with Crippen LogP contribution < -0.4 is 10.6 Å². The lowest BCUT2D eigenvalue weighted by molar-refractivity contribution is 0.589. The first kappa shape index (κ1) is 12.1. The number of benzene rings is 1. The lowest BCUT2D eigenvalue weighted by Crippen LogP contribution is -2.26. The number of allylic oxidation sites excluding steroid dienone is 3. The van der Waals surface area contributed by atoms with Crippen LogP contribution in [0.25, 0.3) is 5.57 Å². The van der Waals surface area contributed by atoms with Gasteiger partial charge in [-0.3, -0.25) is 0 Å². The van der Waals surface area contributed by atoms with Crippen molar-refractivity contribution in [3.05, 3.63) is 57.3 Å². The van der Waals surface area contributed by atoms with Crippen LogP contribution in [0.5, 0.6) is 0 Å². The van der Waals surface area contributed by atoms with E-state index in [1.165, 1.54) is 53.3 Å². The van der Waals surface area contributed by atoms with Crippen LogP contribution >= 0.6 is 0 Å². The first-order chi connectivity index (χ1) is 9.54. The van der Waals surface area contributed by atoms with Gasteiger partial charge in [-0.2, -0.15) is 0 Å². The van der Waals surface area contributed by atoms with E-state index in [9.17, 15) is 0 Å². The summed E-state index contributed by atoms with van der Waals surface area (Å²) < 4.78 is 0. The molecule has 20 heavy (non-hydrogen) atoms. The highest BCUT2D eigenvalue weighted by molar-refractivity contribution is 5.83. The lowest BCUT2D eigenvalue weighted by Gasteiger charge is -2.18. The number of rotatable bonds is 0. The summed E-state index contributed by atoms with van der Waals surface area (Å²) in [5.41, 5.74) is 7.35. The first-order valence-electron chi connectivity index (χ1n) is 7.72. The topological polar surface area (TPSA) is 12.4 Å². The highest BCUT2D eigenvalue weighted by Gasteiger charge is 2.27. The van der Waals surface area contributed by atoms with E-state index in [0.717, 1.165) is 5.36 Å². The zero-order chi connectivity index (χ0) is 13.9. The Bertz CT molecular complexity index is 782. The van der Waals surface area contributed by atoms with Gasteiger partial charge in [-0.25, -0.2) is 4.99 Å². The van der Waals surface area contributed by atoms with Crippen molar-refractivity contribution in [2.45, 2.75) is 51.9 Å². The molecule has 1 aromatic carbocycles. The Hall–Kier alpha value is -1.63. The third-order valence-electron chi connectivity index (χ3n) is 4.76. The average Bonchev–Trinajstić information content (AvgIpc) is 2.93. The molecule has 0 N–H and O–H groups in total. The van der Waals surface area contributed by atoms with Gasteiger partial charge in [0.25, 0.3) is 0 Å². The Balaban J connectivity index is 1.98. The molecule has 1 nitrogen and oxygen atoms in total. The minimum Gasteiger partial charge on any atom is -0.247 e. The van der Waals surface area contributed by atoms with E-state index in [-0.39, 0.29) is 5.41 Å². The summed E-state index contributed by atoms with van der Waals surface area (Å²) in [6.45, 7) is 6.83. The molecule has 4 rings (SSSR count). The van der Waals surface area contributed by atoms with Crippen LogP contribution in [0, 0.1) is 0 Å². The number of hydrogen-bond donors (Lipinski definition) is 0. The van der Waals surface area contributed by atoms with E-state index in [1.807, 2.05) is 0 Å². The van der Waals surface area contributed by atoms with Gasteiger partial charge in [0.15, 0.2) is 0 Å². The van der Waals surface area contributed by atoms with Gasteiger partial charge in [0.05, 0.1) is 11.1 Å². The molecule has 102 valence electrons. The van der Waals surface area contributed by atoms with Gasteiger partial charge in [0.2, 0.25) is 0 Å². The Kier molecular flexibility index (Phi) is 2.39. The second-order valence-electron chi connectivity index (χ2n) is 7.21. The summed E-state index contributed by atoms with van der Waals surface area (Å²) in [6, 6.07) is 6.79. The largest absolute Gasteiger partial charge is 0.247 e. The summed E-state index contributed by atoms with van der Waals surface area (Å²) in [7, 11) is 0. The van der Waals surface area contributed by atoms with Crippen molar-refractivity contribution in [1.82, 2.24) is 0 Å². The van der Waals surface area contributed by atoms with E-state index in [2.05, 4.69) is 45.0 Å². The van der Waals surface area contributed by atoms with Gasteiger partial charge in [0.1, 0.15) is 0 Å². The van der Waals surface area contributed by atoms with Crippen LogP contribution in [0.4, 0.5) is 0 Å². The van der Waals surface area contributed by atoms with Crippen LogP contribution in [0.15, 0.2) is 46.1 Å². The molecule has 0 unspecified atom stereocenters. The SMILES string of the molecule is CC(C)(C)c1ccc2c(c1)=C1C=C3CCCCC3=C1N=2. The van der Waals surface area contributed by atoms with Crippen LogP contribution in [-0.4, -0.2) is 0 Å². The van der Waals surface area contributed by atoms with E-state index >= 15 is 0 Å². The van der Waals surface area contributed by atoms with Crippen LogP contribution in [0.3, 0.4) is 0 Å². The molecule has 1 fully saturated rings. The Labute approximate surface area is 120 Å². The maximum absolute atomic E-state index is 4.91. The smallest absolute Gasteiger partial charge is 0.0751 e. The molecular formula is C19H21N. The van der Waals surface area contributed by atoms with Crippen molar-refractivity contribution in [1.29, 1.82) is 0 Å². The molecule has 1 heteroatoms. The molecule has 0 atom stereocenters. The zero-order valence-corrected chi connectivity index (χ0v) is 12.6. The average molecular weight is 263 g/mol. The molecule has 0 bridgehead atoms. The predicted octanol–water partition coefficient (Wildman–Crippen LogP) is 3.54. The van der Waals surface area contributed by atoms with Crippen LogP contribution in [-0.2, 0) is 5.41 Å². The molecule has 0 amide bonds. The predicted molar refractivity (Wildman–Crippen MR) is 82.9 cm³/mol. The van der Waals surface area contributed by atoms with Crippen molar-refractivity contribution >= 4 is 5.57 Å². The quantitative estimate of drug-likeness (QED) is 0.679.